The van der Waals surface area contributed by atoms with Gasteiger partial charge in [-0.3, -0.25) is 0 Å². The zero-order chi connectivity index (χ0) is 12.5. The van der Waals surface area contributed by atoms with Crippen molar-refractivity contribution in [2.24, 2.45) is 29.6 Å². The average Bonchev–Trinajstić information content (AvgIpc) is 3.07. The summed E-state index contributed by atoms with van der Waals surface area (Å²) >= 11 is 0. The summed E-state index contributed by atoms with van der Waals surface area (Å²) in [6, 6.07) is 0. The zero-order valence-electron chi connectivity index (χ0n) is 12.5. The van der Waals surface area contributed by atoms with Gasteiger partial charge >= 0.3 is 0 Å². The Hall–Kier alpha value is 0.217. The predicted octanol–water partition coefficient (Wildman–Crippen LogP) is 5.32. The van der Waals surface area contributed by atoms with Crippen LogP contribution in [0.5, 0.6) is 0 Å². The van der Waals surface area contributed by atoms with Crippen LogP contribution in [0.3, 0.4) is 0 Å². The molecule has 0 radical (unpaired) electrons. The lowest BCUT2D eigenvalue weighted by Crippen LogP contribution is -2.43. The number of hydrogen-bond donors (Lipinski definition) is 0. The molecule has 0 amide bonds. The van der Waals surface area contributed by atoms with Gasteiger partial charge in [-0.25, -0.2) is 0 Å². The van der Waals surface area contributed by atoms with Gasteiger partial charge in [0.15, 0.2) is 0 Å². The summed E-state index contributed by atoms with van der Waals surface area (Å²) in [5, 5.41) is 0. The first-order chi connectivity index (χ1) is 8.55. The van der Waals surface area contributed by atoms with E-state index in [0.29, 0.717) is 0 Å². The standard InChI is InChI=1S/C17H30Si/c1-11-6-15-9-14(11)10-17(15)18(2,3)16-8-12-4-5-13(16)7-12/h11-17H,4-10H2,1-3H3. The van der Waals surface area contributed by atoms with Crippen molar-refractivity contribution in [1.82, 2.24) is 0 Å². The first-order valence-corrected chi connectivity index (χ1v) is 11.7. The minimum Gasteiger partial charge on any atom is -0.0689 e. The summed E-state index contributed by atoms with van der Waals surface area (Å²) < 4.78 is 0. The van der Waals surface area contributed by atoms with Gasteiger partial charge in [-0.15, -0.1) is 0 Å². The van der Waals surface area contributed by atoms with E-state index in [4.69, 9.17) is 0 Å². The van der Waals surface area contributed by atoms with Gasteiger partial charge in [-0.1, -0.05) is 32.9 Å². The maximum atomic E-state index is 2.79. The van der Waals surface area contributed by atoms with Crippen molar-refractivity contribution in [2.45, 2.75) is 76.0 Å². The van der Waals surface area contributed by atoms with Crippen LogP contribution in [0.4, 0.5) is 0 Å². The molecule has 4 aliphatic rings. The van der Waals surface area contributed by atoms with Gasteiger partial charge in [-0.05, 0) is 72.8 Å². The average molecular weight is 263 g/mol. The molecule has 0 nitrogen and oxygen atoms in total. The van der Waals surface area contributed by atoms with E-state index in [1.165, 1.54) is 17.0 Å². The molecule has 0 saturated heterocycles. The lowest BCUT2D eigenvalue weighted by Gasteiger charge is -2.44. The topological polar surface area (TPSA) is 0 Å². The van der Waals surface area contributed by atoms with Gasteiger partial charge in [0.25, 0.3) is 0 Å². The second-order valence-corrected chi connectivity index (χ2v) is 14.0. The molecule has 4 saturated carbocycles. The van der Waals surface area contributed by atoms with E-state index in [1.54, 1.807) is 44.9 Å². The smallest absolute Gasteiger partial charge is 0.0541 e. The molecule has 0 heterocycles. The molecule has 0 aliphatic heterocycles. The molecule has 102 valence electrons. The highest BCUT2D eigenvalue weighted by atomic mass is 28.3. The summed E-state index contributed by atoms with van der Waals surface area (Å²) in [6.45, 7) is 8.09. The van der Waals surface area contributed by atoms with Crippen molar-refractivity contribution in [2.75, 3.05) is 0 Å². The summed E-state index contributed by atoms with van der Waals surface area (Å²) in [7, 11) is -0.974. The van der Waals surface area contributed by atoms with E-state index in [1.807, 2.05) is 0 Å². The third-order valence-electron chi connectivity index (χ3n) is 7.86. The minimum absolute atomic E-state index is 0.974. The molecule has 18 heavy (non-hydrogen) atoms. The molecule has 0 N–H and O–H groups in total. The van der Waals surface area contributed by atoms with Gasteiger partial charge in [0.1, 0.15) is 0 Å². The Morgan fingerprint density at radius 3 is 2.00 bits per heavy atom. The molecule has 4 rings (SSSR count). The quantitative estimate of drug-likeness (QED) is 0.591. The molecule has 4 fully saturated rings. The van der Waals surface area contributed by atoms with Crippen LogP contribution >= 0.6 is 0 Å². The molecule has 1 heteroatoms. The fourth-order valence-electron chi connectivity index (χ4n) is 6.91. The fraction of sp³-hybridized carbons (Fsp3) is 1.00. The van der Waals surface area contributed by atoms with E-state index in [-0.39, 0.29) is 0 Å². The first kappa shape index (κ1) is 12.0. The van der Waals surface area contributed by atoms with Gasteiger partial charge in [0.05, 0.1) is 8.07 Å². The summed E-state index contributed by atoms with van der Waals surface area (Å²) in [6.07, 6.45) is 11.3. The lowest BCUT2D eigenvalue weighted by atomic mass is 9.90. The Morgan fingerprint density at radius 2 is 1.50 bits per heavy atom. The van der Waals surface area contributed by atoms with Crippen LogP contribution in [-0.2, 0) is 0 Å². The predicted molar refractivity (Wildman–Crippen MR) is 80.4 cm³/mol. The Balaban J connectivity index is 1.54. The van der Waals surface area contributed by atoms with Crippen molar-refractivity contribution >= 4 is 8.07 Å². The second-order valence-electron chi connectivity index (χ2n) is 8.91. The van der Waals surface area contributed by atoms with Crippen LogP contribution in [0.25, 0.3) is 0 Å². The van der Waals surface area contributed by atoms with Crippen molar-refractivity contribution in [3.8, 4) is 0 Å². The Morgan fingerprint density at radius 1 is 0.722 bits per heavy atom. The minimum atomic E-state index is -0.974. The Kier molecular flexibility index (Phi) is 2.58. The van der Waals surface area contributed by atoms with Crippen LogP contribution in [0.1, 0.15) is 51.9 Å². The number of hydrogen-bond acceptors (Lipinski definition) is 0. The molecule has 7 unspecified atom stereocenters. The summed E-state index contributed by atoms with van der Waals surface area (Å²) in [5.41, 5.74) is 2.43. The Labute approximate surface area is 114 Å². The monoisotopic (exact) mass is 262 g/mol. The summed E-state index contributed by atoms with van der Waals surface area (Å²) in [4.78, 5) is 0. The molecular formula is C17H30Si. The third kappa shape index (κ3) is 1.55. The van der Waals surface area contributed by atoms with Gasteiger partial charge in [-0.2, -0.15) is 0 Å². The van der Waals surface area contributed by atoms with Crippen LogP contribution in [0, 0.1) is 29.6 Å². The van der Waals surface area contributed by atoms with Gasteiger partial charge in [0.2, 0.25) is 0 Å². The molecule has 4 aliphatic carbocycles. The van der Waals surface area contributed by atoms with Gasteiger partial charge < -0.3 is 0 Å². The van der Waals surface area contributed by atoms with Crippen molar-refractivity contribution in [1.29, 1.82) is 0 Å². The van der Waals surface area contributed by atoms with E-state index >= 15 is 0 Å². The molecular weight excluding hydrogens is 232 g/mol. The fourth-order valence-corrected chi connectivity index (χ4v) is 12.3. The molecule has 0 aromatic carbocycles. The Bertz CT molecular complexity index is 346. The van der Waals surface area contributed by atoms with Crippen LogP contribution in [0.2, 0.25) is 24.2 Å². The van der Waals surface area contributed by atoms with Crippen molar-refractivity contribution in [3.63, 3.8) is 0 Å². The van der Waals surface area contributed by atoms with Crippen LogP contribution < -0.4 is 0 Å². The maximum Gasteiger partial charge on any atom is 0.0541 e. The number of fused-ring (bicyclic) bond motifs is 4. The van der Waals surface area contributed by atoms with Crippen LogP contribution in [0.15, 0.2) is 0 Å². The number of rotatable bonds is 2. The van der Waals surface area contributed by atoms with Crippen molar-refractivity contribution < 1.29 is 0 Å². The molecule has 0 spiro atoms. The highest BCUT2D eigenvalue weighted by Gasteiger charge is 2.56. The molecule has 4 bridgehead atoms. The lowest BCUT2D eigenvalue weighted by molar-refractivity contribution is 0.348. The normalized spacial score (nSPS) is 54.5. The highest BCUT2D eigenvalue weighted by molar-refractivity contribution is 6.80. The maximum absolute atomic E-state index is 2.79. The van der Waals surface area contributed by atoms with E-state index in [0.717, 1.165) is 23.7 Å². The molecule has 0 aromatic heterocycles. The molecule has 7 atom stereocenters. The van der Waals surface area contributed by atoms with E-state index in [9.17, 15) is 0 Å². The van der Waals surface area contributed by atoms with Crippen LogP contribution in [-0.4, -0.2) is 8.07 Å². The third-order valence-corrected chi connectivity index (χ3v) is 13.1. The second kappa shape index (κ2) is 3.87. The molecule has 0 aromatic rings. The zero-order valence-corrected chi connectivity index (χ0v) is 13.5. The van der Waals surface area contributed by atoms with Crippen molar-refractivity contribution in [3.05, 3.63) is 0 Å². The summed E-state index contributed by atoms with van der Waals surface area (Å²) in [5.74, 6) is 5.68. The van der Waals surface area contributed by atoms with Gasteiger partial charge in [0, 0.05) is 0 Å². The highest BCUT2D eigenvalue weighted by Crippen LogP contribution is 2.64. The largest absolute Gasteiger partial charge is 0.0689 e. The SMILES string of the molecule is CC1CC2CC1CC2[Si](C)(C)C1CC2CCC1C2. The first-order valence-electron chi connectivity index (χ1n) is 8.55. The van der Waals surface area contributed by atoms with E-state index < -0.39 is 8.07 Å². The van der Waals surface area contributed by atoms with E-state index in [2.05, 4.69) is 20.0 Å².